The van der Waals surface area contributed by atoms with E-state index in [9.17, 15) is 0 Å². The SMILES string of the molecule is C#CCN(CC)Cc1ccc(CNC(C)C)s1. The first-order valence-corrected chi connectivity index (χ1v) is 6.94. The molecule has 94 valence electrons. The molecule has 17 heavy (non-hydrogen) atoms. The minimum atomic E-state index is 0.536. The molecule has 0 aliphatic carbocycles. The van der Waals surface area contributed by atoms with E-state index in [1.165, 1.54) is 9.75 Å². The molecule has 0 saturated heterocycles. The molecular weight excluding hydrogens is 228 g/mol. The molecule has 0 saturated carbocycles. The molecule has 2 nitrogen and oxygen atoms in total. The van der Waals surface area contributed by atoms with Gasteiger partial charge in [-0.15, -0.1) is 17.8 Å². The Balaban J connectivity index is 2.47. The van der Waals surface area contributed by atoms with Crippen LogP contribution in [-0.4, -0.2) is 24.0 Å². The number of hydrogen-bond donors (Lipinski definition) is 1. The largest absolute Gasteiger partial charge is 0.310 e. The van der Waals surface area contributed by atoms with Crippen molar-refractivity contribution in [3.05, 3.63) is 21.9 Å². The molecule has 1 aromatic heterocycles. The van der Waals surface area contributed by atoms with Gasteiger partial charge in [-0.05, 0) is 18.7 Å². The van der Waals surface area contributed by atoms with Gasteiger partial charge in [0, 0.05) is 28.9 Å². The summed E-state index contributed by atoms with van der Waals surface area (Å²) >= 11 is 1.87. The lowest BCUT2D eigenvalue weighted by atomic mass is 10.3. The summed E-state index contributed by atoms with van der Waals surface area (Å²) in [7, 11) is 0. The lowest BCUT2D eigenvalue weighted by Crippen LogP contribution is -2.22. The minimum absolute atomic E-state index is 0.536. The highest BCUT2D eigenvalue weighted by molar-refractivity contribution is 7.11. The predicted octanol–water partition coefficient (Wildman–Crippen LogP) is 2.70. The van der Waals surface area contributed by atoms with Gasteiger partial charge < -0.3 is 5.32 Å². The standard InChI is InChI=1S/C14H22N2S/c1-5-9-16(6-2)11-14-8-7-13(17-14)10-15-12(3)4/h1,7-8,12,15H,6,9-11H2,2-4H3. The van der Waals surface area contributed by atoms with Crippen LogP contribution >= 0.6 is 11.3 Å². The monoisotopic (exact) mass is 250 g/mol. The highest BCUT2D eigenvalue weighted by atomic mass is 32.1. The van der Waals surface area contributed by atoms with Gasteiger partial charge >= 0.3 is 0 Å². The van der Waals surface area contributed by atoms with E-state index < -0.39 is 0 Å². The lowest BCUT2D eigenvalue weighted by Gasteiger charge is -2.15. The molecular formula is C14H22N2S. The van der Waals surface area contributed by atoms with Crippen LogP contribution in [0.15, 0.2) is 12.1 Å². The van der Waals surface area contributed by atoms with Crippen molar-refractivity contribution in [3.8, 4) is 12.3 Å². The predicted molar refractivity (Wildman–Crippen MR) is 76.1 cm³/mol. The van der Waals surface area contributed by atoms with Gasteiger partial charge in [0.25, 0.3) is 0 Å². The first-order chi connectivity index (χ1) is 8.15. The number of thiophene rings is 1. The molecule has 0 unspecified atom stereocenters. The van der Waals surface area contributed by atoms with Crippen molar-refractivity contribution in [2.75, 3.05) is 13.1 Å². The van der Waals surface area contributed by atoms with Crippen LogP contribution in [0, 0.1) is 12.3 Å². The van der Waals surface area contributed by atoms with E-state index in [1.54, 1.807) is 0 Å². The summed E-state index contributed by atoms with van der Waals surface area (Å²) in [6.45, 7) is 10.1. The fourth-order valence-corrected chi connectivity index (χ4v) is 2.55. The van der Waals surface area contributed by atoms with E-state index >= 15 is 0 Å². The number of hydrogen-bond acceptors (Lipinski definition) is 3. The highest BCUT2D eigenvalue weighted by Crippen LogP contribution is 2.18. The van der Waals surface area contributed by atoms with Crippen molar-refractivity contribution in [2.24, 2.45) is 0 Å². The lowest BCUT2D eigenvalue weighted by molar-refractivity contribution is 0.319. The average Bonchev–Trinajstić information content (AvgIpc) is 2.73. The average molecular weight is 250 g/mol. The van der Waals surface area contributed by atoms with Crippen molar-refractivity contribution < 1.29 is 0 Å². The molecule has 1 aromatic rings. The van der Waals surface area contributed by atoms with Crippen LogP contribution in [0.5, 0.6) is 0 Å². The zero-order valence-corrected chi connectivity index (χ0v) is 11.8. The zero-order valence-electron chi connectivity index (χ0n) is 11.0. The van der Waals surface area contributed by atoms with Gasteiger partial charge in [-0.2, -0.15) is 0 Å². The molecule has 0 spiro atoms. The Morgan fingerprint density at radius 3 is 2.71 bits per heavy atom. The second-order valence-corrected chi connectivity index (χ2v) is 5.66. The summed E-state index contributed by atoms with van der Waals surface area (Å²) in [6, 6.07) is 4.95. The van der Waals surface area contributed by atoms with Gasteiger partial charge in [0.05, 0.1) is 6.54 Å². The van der Waals surface area contributed by atoms with Crippen LogP contribution in [-0.2, 0) is 13.1 Å². The smallest absolute Gasteiger partial charge is 0.0601 e. The fourth-order valence-electron chi connectivity index (χ4n) is 1.54. The summed E-state index contributed by atoms with van der Waals surface area (Å²) < 4.78 is 0. The molecule has 0 bridgehead atoms. The van der Waals surface area contributed by atoms with Gasteiger partial charge in [-0.1, -0.05) is 26.7 Å². The van der Waals surface area contributed by atoms with Gasteiger partial charge in [0.15, 0.2) is 0 Å². The molecule has 0 amide bonds. The first kappa shape index (κ1) is 14.2. The van der Waals surface area contributed by atoms with Crippen LogP contribution in [0.2, 0.25) is 0 Å². The van der Waals surface area contributed by atoms with E-state index in [0.717, 1.165) is 26.2 Å². The molecule has 1 N–H and O–H groups in total. The first-order valence-electron chi connectivity index (χ1n) is 6.12. The van der Waals surface area contributed by atoms with Crippen LogP contribution in [0.1, 0.15) is 30.5 Å². The van der Waals surface area contributed by atoms with E-state index in [0.29, 0.717) is 6.04 Å². The van der Waals surface area contributed by atoms with Crippen molar-refractivity contribution in [2.45, 2.75) is 39.9 Å². The summed E-state index contributed by atoms with van der Waals surface area (Å²) in [6.07, 6.45) is 5.35. The second kappa shape index (κ2) is 7.50. The van der Waals surface area contributed by atoms with Crippen LogP contribution in [0.3, 0.4) is 0 Å². The molecule has 1 rings (SSSR count). The Morgan fingerprint density at radius 2 is 2.12 bits per heavy atom. The number of terminal acetylenes is 1. The van der Waals surface area contributed by atoms with Crippen LogP contribution in [0.25, 0.3) is 0 Å². The van der Waals surface area contributed by atoms with E-state index in [2.05, 4.69) is 49.0 Å². The fraction of sp³-hybridized carbons (Fsp3) is 0.571. The van der Waals surface area contributed by atoms with E-state index in [-0.39, 0.29) is 0 Å². The second-order valence-electron chi connectivity index (χ2n) is 4.41. The maximum absolute atomic E-state index is 5.35. The van der Waals surface area contributed by atoms with Gasteiger partial charge in [-0.3, -0.25) is 4.90 Å². The van der Waals surface area contributed by atoms with Gasteiger partial charge in [0.2, 0.25) is 0 Å². The molecule has 0 atom stereocenters. The Morgan fingerprint density at radius 1 is 1.41 bits per heavy atom. The highest BCUT2D eigenvalue weighted by Gasteiger charge is 2.05. The summed E-state index contributed by atoms with van der Waals surface area (Å²) in [5.74, 6) is 2.70. The Bertz CT molecular complexity index is 363. The summed E-state index contributed by atoms with van der Waals surface area (Å²) in [4.78, 5) is 5.05. The van der Waals surface area contributed by atoms with Crippen LogP contribution < -0.4 is 5.32 Å². The molecule has 0 fully saturated rings. The number of nitrogens with zero attached hydrogens (tertiary/aromatic N) is 1. The zero-order chi connectivity index (χ0) is 12.7. The molecule has 0 aliphatic heterocycles. The van der Waals surface area contributed by atoms with Gasteiger partial charge in [-0.25, -0.2) is 0 Å². The third-order valence-electron chi connectivity index (χ3n) is 2.54. The minimum Gasteiger partial charge on any atom is -0.310 e. The maximum atomic E-state index is 5.35. The van der Waals surface area contributed by atoms with Crippen molar-refractivity contribution in [3.63, 3.8) is 0 Å². The summed E-state index contributed by atoms with van der Waals surface area (Å²) in [5, 5.41) is 3.43. The topological polar surface area (TPSA) is 15.3 Å². The Kier molecular flexibility index (Phi) is 6.28. The maximum Gasteiger partial charge on any atom is 0.0601 e. The molecule has 0 aliphatic rings. The van der Waals surface area contributed by atoms with Crippen molar-refractivity contribution in [1.29, 1.82) is 0 Å². The van der Waals surface area contributed by atoms with Gasteiger partial charge in [0.1, 0.15) is 0 Å². The molecule has 1 heterocycles. The molecule has 0 radical (unpaired) electrons. The third-order valence-corrected chi connectivity index (χ3v) is 3.61. The molecule has 0 aromatic carbocycles. The van der Waals surface area contributed by atoms with Crippen molar-refractivity contribution in [1.82, 2.24) is 10.2 Å². The Hall–Kier alpha value is -0.820. The number of nitrogens with one attached hydrogen (secondary N) is 1. The van der Waals surface area contributed by atoms with E-state index in [4.69, 9.17) is 6.42 Å². The molecule has 3 heteroatoms. The quantitative estimate of drug-likeness (QED) is 0.749. The number of rotatable bonds is 7. The summed E-state index contributed by atoms with van der Waals surface area (Å²) in [5.41, 5.74) is 0. The normalized spacial score (nSPS) is 11.1. The van der Waals surface area contributed by atoms with Crippen molar-refractivity contribution >= 4 is 11.3 Å². The third kappa shape index (κ3) is 5.36. The Labute approximate surface area is 109 Å². The van der Waals surface area contributed by atoms with E-state index in [1.807, 2.05) is 11.3 Å². The van der Waals surface area contributed by atoms with Crippen LogP contribution in [0.4, 0.5) is 0 Å².